The van der Waals surface area contributed by atoms with Crippen LogP contribution in [0.2, 0.25) is 5.02 Å². The molecule has 0 spiro atoms. The molecule has 2 rings (SSSR count). The first-order valence-electron chi connectivity index (χ1n) is 5.37. The molecule has 1 heterocycles. The molecule has 5 nitrogen and oxygen atoms in total. The van der Waals surface area contributed by atoms with Crippen LogP contribution in [-0.2, 0) is 19.9 Å². The summed E-state index contributed by atoms with van der Waals surface area (Å²) in [5.41, 5.74) is 0. The molecule has 0 unspecified atom stereocenters. The lowest BCUT2D eigenvalue weighted by atomic mass is 10.3. The van der Waals surface area contributed by atoms with Crippen molar-refractivity contribution < 1.29 is 25.6 Å². The summed E-state index contributed by atoms with van der Waals surface area (Å²) in [5, 5.41) is -1.29. The third kappa shape index (κ3) is 2.54. The van der Waals surface area contributed by atoms with Gasteiger partial charge in [0.1, 0.15) is 4.90 Å². The second-order valence-corrected chi connectivity index (χ2v) is 9.05. The first-order chi connectivity index (χ1) is 9.05. The molecular formula is C10H10ClF2NO4S2. The van der Waals surface area contributed by atoms with Gasteiger partial charge in [-0.2, -0.15) is 4.31 Å². The summed E-state index contributed by atoms with van der Waals surface area (Å²) in [6.07, 6.45) is 0.984. The van der Waals surface area contributed by atoms with Gasteiger partial charge in [0.25, 0.3) is 0 Å². The van der Waals surface area contributed by atoms with Gasteiger partial charge in [-0.25, -0.2) is 25.6 Å². The molecule has 0 atom stereocenters. The summed E-state index contributed by atoms with van der Waals surface area (Å²) in [5.74, 6) is -2.91. The van der Waals surface area contributed by atoms with Gasteiger partial charge in [-0.05, 0) is 12.1 Å². The highest BCUT2D eigenvalue weighted by Gasteiger charge is 2.43. The van der Waals surface area contributed by atoms with E-state index in [1.807, 2.05) is 0 Å². The lowest BCUT2D eigenvalue weighted by Gasteiger charge is -2.36. The topological polar surface area (TPSA) is 71.5 Å². The van der Waals surface area contributed by atoms with Crippen LogP contribution in [0.5, 0.6) is 0 Å². The van der Waals surface area contributed by atoms with Gasteiger partial charge in [0.2, 0.25) is 10.0 Å². The van der Waals surface area contributed by atoms with E-state index in [1.54, 1.807) is 0 Å². The summed E-state index contributed by atoms with van der Waals surface area (Å²) in [4.78, 5) is -0.967. The predicted molar refractivity (Wildman–Crippen MR) is 68.8 cm³/mol. The highest BCUT2D eigenvalue weighted by atomic mass is 35.5. The predicted octanol–water partition coefficient (Wildman–Crippen LogP) is 1.04. The maximum Gasteiger partial charge on any atom is 0.247 e. The van der Waals surface area contributed by atoms with Crippen molar-refractivity contribution in [3.05, 3.63) is 28.8 Å². The average molecular weight is 346 g/mol. The zero-order chi connectivity index (χ0) is 15.3. The van der Waals surface area contributed by atoms with Crippen LogP contribution >= 0.6 is 11.6 Å². The first-order valence-corrected chi connectivity index (χ1v) is 9.15. The van der Waals surface area contributed by atoms with Crippen LogP contribution in [0.3, 0.4) is 0 Å². The summed E-state index contributed by atoms with van der Waals surface area (Å²) in [7, 11) is -7.73. The maximum absolute atomic E-state index is 13.6. The summed E-state index contributed by atoms with van der Waals surface area (Å²) in [6.45, 7) is -0.596. The Morgan fingerprint density at radius 3 is 2.25 bits per heavy atom. The number of nitrogens with zero attached hydrogens (tertiary/aromatic N) is 1. The molecule has 0 radical (unpaired) electrons. The second-order valence-electron chi connectivity index (χ2n) is 4.45. The monoisotopic (exact) mass is 345 g/mol. The van der Waals surface area contributed by atoms with Gasteiger partial charge in [-0.1, -0.05) is 11.6 Å². The Hall–Kier alpha value is -0.770. The van der Waals surface area contributed by atoms with Gasteiger partial charge in [-0.15, -0.1) is 0 Å². The molecule has 0 aromatic heterocycles. The van der Waals surface area contributed by atoms with Crippen molar-refractivity contribution in [2.45, 2.75) is 10.1 Å². The first kappa shape index (κ1) is 15.6. The van der Waals surface area contributed by atoms with Crippen LogP contribution < -0.4 is 0 Å². The summed E-state index contributed by atoms with van der Waals surface area (Å²) >= 11 is 5.61. The molecule has 0 saturated carbocycles. The smallest absolute Gasteiger partial charge is 0.229 e. The molecule has 10 heteroatoms. The Bertz CT molecular complexity index is 758. The molecule has 112 valence electrons. The van der Waals surface area contributed by atoms with E-state index in [1.165, 1.54) is 0 Å². The number of sulfonamides is 1. The lowest BCUT2D eigenvalue weighted by Crippen LogP contribution is -2.56. The Kier molecular flexibility index (Phi) is 3.83. The van der Waals surface area contributed by atoms with E-state index >= 15 is 0 Å². The minimum Gasteiger partial charge on any atom is -0.229 e. The quantitative estimate of drug-likeness (QED) is 0.767. The Balaban J connectivity index is 2.38. The third-order valence-corrected chi connectivity index (χ3v) is 6.85. The normalized spacial score (nSPS) is 18.0. The summed E-state index contributed by atoms with van der Waals surface area (Å²) in [6, 6.07) is 1.65. The van der Waals surface area contributed by atoms with E-state index in [0.717, 1.165) is 16.6 Å². The van der Waals surface area contributed by atoms with Gasteiger partial charge in [0.15, 0.2) is 21.5 Å². The zero-order valence-corrected chi connectivity index (χ0v) is 12.6. The molecule has 1 aromatic carbocycles. The van der Waals surface area contributed by atoms with Crippen molar-refractivity contribution >= 4 is 31.5 Å². The number of rotatable bonds is 3. The minimum atomic E-state index is -4.36. The largest absolute Gasteiger partial charge is 0.247 e. The van der Waals surface area contributed by atoms with Gasteiger partial charge in [-0.3, -0.25) is 0 Å². The van der Waals surface area contributed by atoms with Gasteiger partial charge in [0, 0.05) is 19.3 Å². The van der Waals surface area contributed by atoms with Crippen molar-refractivity contribution in [1.29, 1.82) is 0 Å². The van der Waals surface area contributed by atoms with E-state index in [-0.39, 0.29) is 13.1 Å². The van der Waals surface area contributed by atoms with E-state index in [0.29, 0.717) is 6.07 Å². The fourth-order valence-electron chi connectivity index (χ4n) is 1.74. The lowest BCUT2D eigenvalue weighted by molar-refractivity contribution is 0.308. The van der Waals surface area contributed by atoms with Crippen LogP contribution in [0.15, 0.2) is 17.0 Å². The number of sulfone groups is 1. The molecule has 0 N–H and O–H groups in total. The molecule has 20 heavy (non-hydrogen) atoms. The number of hydrogen-bond acceptors (Lipinski definition) is 4. The minimum absolute atomic E-state index is 0.298. The standard InChI is InChI=1S/C10H10ClF2NO4S2/c1-19(15,16)6-4-14(5-6)20(17,18)10-7(11)2-3-8(12)9(10)13/h2-3,6H,4-5H2,1H3. The third-order valence-electron chi connectivity index (χ3n) is 3.02. The average Bonchev–Trinajstić information content (AvgIpc) is 2.18. The van der Waals surface area contributed by atoms with Crippen LogP contribution in [0.25, 0.3) is 0 Å². The van der Waals surface area contributed by atoms with E-state index in [9.17, 15) is 25.6 Å². The van der Waals surface area contributed by atoms with Gasteiger partial charge >= 0.3 is 0 Å². The molecule has 0 amide bonds. The van der Waals surface area contributed by atoms with E-state index in [4.69, 9.17) is 11.6 Å². The highest BCUT2D eigenvalue weighted by molar-refractivity contribution is 7.92. The Morgan fingerprint density at radius 1 is 1.20 bits per heavy atom. The number of hydrogen-bond donors (Lipinski definition) is 0. The van der Waals surface area contributed by atoms with Crippen LogP contribution in [0.4, 0.5) is 8.78 Å². The van der Waals surface area contributed by atoms with Crippen LogP contribution in [-0.4, -0.2) is 45.7 Å². The maximum atomic E-state index is 13.6. The fourth-order valence-corrected chi connectivity index (χ4v) is 4.92. The number of halogens is 3. The SMILES string of the molecule is CS(=O)(=O)C1CN(S(=O)(=O)c2c(Cl)ccc(F)c2F)C1. The molecule has 1 saturated heterocycles. The highest BCUT2D eigenvalue weighted by Crippen LogP contribution is 2.32. The summed E-state index contributed by atoms with van der Waals surface area (Å²) < 4.78 is 74.2. The van der Waals surface area contributed by atoms with Gasteiger partial charge in [0.05, 0.1) is 10.3 Å². The number of benzene rings is 1. The van der Waals surface area contributed by atoms with Crippen molar-refractivity contribution in [2.75, 3.05) is 19.3 Å². The second kappa shape index (κ2) is 4.90. The molecule has 0 aliphatic carbocycles. The molecule has 1 aromatic rings. The zero-order valence-electron chi connectivity index (χ0n) is 10.2. The molecule has 1 aliphatic heterocycles. The molecule has 1 aliphatic rings. The molecule has 0 bridgehead atoms. The molecule has 1 fully saturated rings. The van der Waals surface area contributed by atoms with Crippen LogP contribution in [0, 0.1) is 11.6 Å². The van der Waals surface area contributed by atoms with Crippen molar-refractivity contribution in [1.82, 2.24) is 4.31 Å². The van der Waals surface area contributed by atoms with Crippen molar-refractivity contribution in [3.63, 3.8) is 0 Å². The van der Waals surface area contributed by atoms with E-state index in [2.05, 4.69) is 0 Å². The fraction of sp³-hybridized carbons (Fsp3) is 0.400. The van der Waals surface area contributed by atoms with Crippen molar-refractivity contribution in [3.8, 4) is 0 Å². The van der Waals surface area contributed by atoms with Crippen LogP contribution in [0.1, 0.15) is 0 Å². The Labute approximate surface area is 120 Å². The Morgan fingerprint density at radius 2 is 1.75 bits per heavy atom. The van der Waals surface area contributed by atoms with Gasteiger partial charge < -0.3 is 0 Å². The van der Waals surface area contributed by atoms with Crippen molar-refractivity contribution in [2.24, 2.45) is 0 Å². The molecular weight excluding hydrogens is 336 g/mol. The van der Waals surface area contributed by atoms with E-state index < -0.39 is 46.7 Å².